The third kappa shape index (κ3) is 1.86. The van der Waals surface area contributed by atoms with Gasteiger partial charge in [-0.3, -0.25) is 4.79 Å². The van der Waals surface area contributed by atoms with E-state index in [4.69, 9.17) is 0 Å². The minimum absolute atomic E-state index is 0.121. The van der Waals surface area contributed by atoms with Gasteiger partial charge < -0.3 is 0 Å². The number of hydrogen-bond acceptors (Lipinski definition) is 1. The van der Waals surface area contributed by atoms with Crippen LogP contribution in [0.1, 0.15) is 68.6 Å². The molecule has 1 aromatic carbocycles. The summed E-state index contributed by atoms with van der Waals surface area (Å²) in [6.45, 7) is 16.0. The van der Waals surface area contributed by atoms with Crippen molar-refractivity contribution in [3.8, 4) is 0 Å². The second kappa shape index (κ2) is 4.19. The van der Waals surface area contributed by atoms with E-state index < -0.39 is 0 Å². The fourth-order valence-corrected chi connectivity index (χ4v) is 3.66. The van der Waals surface area contributed by atoms with Gasteiger partial charge in [0.2, 0.25) is 0 Å². The van der Waals surface area contributed by atoms with Gasteiger partial charge in [0, 0.05) is 5.56 Å². The summed E-state index contributed by atoms with van der Waals surface area (Å²) in [5, 5.41) is 0. The zero-order valence-corrected chi connectivity index (χ0v) is 13.3. The molecule has 0 heterocycles. The molecule has 0 spiro atoms. The van der Waals surface area contributed by atoms with E-state index >= 15 is 0 Å². The Balaban J connectivity index is 2.80. The first-order valence-corrected chi connectivity index (χ1v) is 7.24. The maximum atomic E-state index is 11.2. The molecule has 1 aliphatic carbocycles. The predicted molar refractivity (Wildman–Crippen MR) is 80.9 cm³/mol. The fraction of sp³-hybridized carbons (Fsp3) is 0.611. The second-order valence-electron chi connectivity index (χ2n) is 7.39. The van der Waals surface area contributed by atoms with Crippen molar-refractivity contribution in [2.45, 2.75) is 59.3 Å². The van der Waals surface area contributed by atoms with Crippen LogP contribution in [-0.2, 0) is 10.8 Å². The highest BCUT2D eigenvalue weighted by molar-refractivity contribution is 5.78. The summed E-state index contributed by atoms with van der Waals surface area (Å²) in [5.41, 5.74) is 5.00. The molecule has 0 aliphatic heterocycles. The molecule has 0 unspecified atom stereocenters. The summed E-state index contributed by atoms with van der Waals surface area (Å²) < 4.78 is 0. The molecule has 104 valence electrons. The minimum atomic E-state index is 0.121. The summed E-state index contributed by atoms with van der Waals surface area (Å²) in [6.07, 6.45) is 0.987. The fourth-order valence-electron chi connectivity index (χ4n) is 3.66. The van der Waals surface area contributed by atoms with Gasteiger partial charge in [-0.25, -0.2) is 0 Å². The summed E-state index contributed by atoms with van der Waals surface area (Å²) in [6, 6.07) is 4.37. The molecule has 2 atom stereocenters. The molecule has 0 N–H and O–H groups in total. The third-order valence-corrected chi connectivity index (χ3v) is 5.95. The Morgan fingerprint density at radius 1 is 0.947 bits per heavy atom. The smallest absolute Gasteiger partial charge is 0.150 e. The zero-order chi connectivity index (χ0) is 14.6. The Hall–Kier alpha value is -1.11. The van der Waals surface area contributed by atoms with E-state index in [2.05, 4.69) is 53.7 Å². The van der Waals surface area contributed by atoms with Crippen LogP contribution >= 0.6 is 0 Å². The Morgan fingerprint density at radius 2 is 1.37 bits per heavy atom. The molecular weight excluding hydrogens is 232 g/mol. The lowest BCUT2D eigenvalue weighted by atomic mass is 9.53. The van der Waals surface area contributed by atoms with Crippen molar-refractivity contribution in [2.24, 2.45) is 11.8 Å². The van der Waals surface area contributed by atoms with Gasteiger partial charge >= 0.3 is 0 Å². The van der Waals surface area contributed by atoms with E-state index in [9.17, 15) is 4.79 Å². The first-order valence-electron chi connectivity index (χ1n) is 7.24. The first-order chi connectivity index (χ1) is 8.64. The lowest BCUT2D eigenvalue weighted by molar-refractivity contribution is 0.112. The Bertz CT molecular complexity index is 523. The molecule has 1 nitrogen and oxygen atoms in total. The van der Waals surface area contributed by atoms with Crippen LogP contribution in [0.2, 0.25) is 0 Å². The normalized spacial score (nSPS) is 27.7. The molecular formula is C18H26O. The van der Waals surface area contributed by atoms with Crippen molar-refractivity contribution in [1.29, 1.82) is 0 Å². The second-order valence-corrected chi connectivity index (χ2v) is 7.39. The highest BCUT2D eigenvalue weighted by Crippen LogP contribution is 2.52. The lowest BCUT2D eigenvalue weighted by Gasteiger charge is -2.51. The highest BCUT2D eigenvalue weighted by atomic mass is 16.1. The van der Waals surface area contributed by atoms with Crippen LogP contribution in [0.5, 0.6) is 0 Å². The summed E-state index contributed by atoms with van der Waals surface area (Å²) in [7, 11) is 0. The molecule has 1 heteroatoms. The maximum absolute atomic E-state index is 11.2. The topological polar surface area (TPSA) is 17.1 Å². The number of aryl methyl sites for hydroxylation is 1. The summed E-state index contributed by atoms with van der Waals surface area (Å²) in [4.78, 5) is 11.2. The van der Waals surface area contributed by atoms with Crippen molar-refractivity contribution >= 4 is 6.29 Å². The van der Waals surface area contributed by atoms with Gasteiger partial charge in [0.05, 0.1) is 0 Å². The average molecular weight is 258 g/mol. The van der Waals surface area contributed by atoms with Crippen LogP contribution in [0.25, 0.3) is 0 Å². The quantitative estimate of drug-likeness (QED) is 0.670. The number of aldehydes is 1. The van der Waals surface area contributed by atoms with Crippen LogP contribution in [0, 0.1) is 18.8 Å². The van der Waals surface area contributed by atoms with Gasteiger partial charge in [-0.1, -0.05) is 47.6 Å². The minimum Gasteiger partial charge on any atom is -0.298 e. The van der Waals surface area contributed by atoms with E-state index in [1.165, 1.54) is 11.1 Å². The van der Waals surface area contributed by atoms with Crippen LogP contribution in [0.15, 0.2) is 12.1 Å². The summed E-state index contributed by atoms with van der Waals surface area (Å²) >= 11 is 0. The van der Waals surface area contributed by atoms with Gasteiger partial charge in [-0.05, 0) is 52.3 Å². The van der Waals surface area contributed by atoms with E-state index in [0.717, 1.165) is 17.4 Å². The molecule has 0 saturated carbocycles. The standard InChI is InChI=1S/C18H26O/c1-11-8-15-16(9-14(11)10-19)18(6,7)13(3)12(2)17(15,4)5/h8-10,12-13H,1-7H3/t12-,13+/m1/s1. The molecule has 1 aliphatic rings. The van der Waals surface area contributed by atoms with Crippen molar-refractivity contribution in [3.05, 3.63) is 34.4 Å². The Labute approximate surface area is 117 Å². The van der Waals surface area contributed by atoms with Crippen molar-refractivity contribution in [1.82, 2.24) is 0 Å². The molecule has 0 saturated heterocycles. The number of benzene rings is 1. The number of fused-ring (bicyclic) bond motifs is 1. The first kappa shape index (κ1) is 14.3. The molecule has 0 amide bonds. The van der Waals surface area contributed by atoms with Gasteiger partial charge in [0.15, 0.2) is 0 Å². The Kier molecular flexibility index (Phi) is 3.16. The van der Waals surface area contributed by atoms with Gasteiger partial charge in [-0.2, -0.15) is 0 Å². The molecule has 1 aromatic rings. The van der Waals surface area contributed by atoms with Gasteiger partial charge in [-0.15, -0.1) is 0 Å². The highest BCUT2D eigenvalue weighted by Gasteiger charge is 2.47. The SMILES string of the molecule is Cc1cc2c(cc1C=O)C(C)(C)[C@@H](C)[C@@H](C)C2(C)C. The zero-order valence-electron chi connectivity index (χ0n) is 13.3. The molecule has 0 aromatic heterocycles. The third-order valence-electron chi connectivity index (χ3n) is 5.95. The van der Waals surface area contributed by atoms with Crippen molar-refractivity contribution in [2.75, 3.05) is 0 Å². The van der Waals surface area contributed by atoms with Gasteiger partial charge in [0.1, 0.15) is 6.29 Å². The molecule has 0 fully saturated rings. The van der Waals surface area contributed by atoms with Crippen LogP contribution in [0.4, 0.5) is 0 Å². The maximum Gasteiger partial charge on any atom is 0.150 e. The van der Waals surface area contributed by atoms with E-state index in [1.54, 1.807) is 0 Å². The monoisotopic (exact) mass is 258 g/mol. The molecule has 0 radical (unpaired) electrons. The average Bonchev–Trinajstić information content (AvgIpc) is 2.34. The Morgan fingerprint density at radius 3 is 1.79 bits per heavy atom. The van der Waals surface area contributed by atoms with E-state index in [-0.39, 0.29) is 10.8 Å². The number of carbonyl (C=O) groups is 1. The molecule has 0 bridgehead atoms. The van der Waals surface area contributed by atoms with E-state index in [0.29, 0.717) is 11.8 Å². The van der Waals surface area contributed by atoms with Crippen molar-refractivity contribution in [3.63, 3.8) is 0 Å². The predicted octanol–water partition coefficient (Wildman–Crippen LogP) is 4.65. The number of rotatable bonds is 1. The van der Waals surface area contributed by atoms with Gasteiger partial charge in [0.25, 0.3) is 0 Å². The van der Waals surface area contributed by atoms with Crippen LogP contribution in [-0.4, -0.2) is 6.29 Å². The summed E-state index contributed by atoms with van der Waals surface area (Å²) in [5.74, 6) is 1.22. The molecule has 19 heavy (non-hydrogen) atoms. The molecule has 2 rings (SSSR count). The number of hydrogen-bond donors (Lipinski definition) is 0. The number of carbonyl (C=O) groups excluding carboxylic acids is 1. The van der Waals surface area contributed by atoms with E-state index in [1.807, 2.05) is 6.92 Å². The largest absolute Gasteiger partial charge is 0.298 e. The lowest BCUT2D eigenvalue weighted by Crippen LogP contribution is -2.46. The van der Waals surface area contributed by atoms with Crippen molar-refractivity contribution < 1.29 is 4.79 Å². The van der Waals surface area contributed by atoms with Crippen LogP contribution in [0.3, 0.4) is 0 Å². The van der Waals surface area contributed by atoms with Crippen LogP contribution < -0.4 is 0 Å².